The Bertz CT molecular complexity index is 695. The number of carbonyl (C=O) groups is 1. The first-order valence-electron chi connectivity index (χ1n) is 7.12. The van der Waals surface area contributed by atoms with Gasteiger partial charge < -0.3 is 4.57 Å². The van der Waals surface area contributed by atoms with Gasteiger partial charge in [-0.1, -0.05) is 24.1 Å². The van der Waals surface area contributed by atoms with Crippen molar-refractivity contribution in [3.05, 3.63) is 35.0 Å². The second-order valence-corrected chi connectivity index (χ2v) is 6.45. The van der Waals surface area contributed by atoms with Crippen LogP contribution in [0.15, 0.2) is 24.4 Å². The van der Waals surface area contributed by atoms with Gasteiger partial charge in [0.1, 0.15) is 0 Å². The smallest absolute Gasteiger partial charge is 0.152 e. The number of unbranched alkanes of at least 4 members (excludes halogenated alkanes) is 1. The number of aldehydes is 1. The summed E-state index contributed by atoms with van der Waals surface area (Å²) in [6, 6.07) is 7.90. The van der Waals surface area contributed by atoms with Gasteiger partial charge in [0.25, 0.3) is 0 Å². The fourth-order valence-corrected chi connectivity index (χ4v) is 2.64. The molecule has 0 aliphatic heterocycles. The van der Waals surface area contributed by atoms with E-state index in [0.29, 0.717) is 10.6 Å². The molecule has 1 heterocycles. The summed E-state index contributed by atoms with van der Waals surface area (Å²) in [5.41, 5.74) is 1.42. The molecule has 1 aromatic heterocycles. The second kappa shape index (κ2) is 6.32. The minimum Gasteiger partial charge on any atom is -0.347 e. The molecule has 21 heavy (non-hydrogen) atoms. The van der Waals surface area contributed by atoms with Gasteiger partial charge in [0, 0.05) is 28.7 Å². The summed E-state index contributed by atoms with van der Waals surface area (Å²) in [7, 11) is 0. The Morgan fingerprint density at radius 1 is 1.38 bits per heavy atom. The van der Waals surface area contributed by atoms with Crippen LogP contribution < -0.4 is 0 Å². The summed E-state index contributed by atoms with van der Waals surface area (Å²) in [4.78, 5) is 11.1. The van der Waals surface area contributed by atoms with Crippen molar-refractivity contribution in [3.8, 4) is 6.07 Å². The zero-order valence-corrected chi connectivity index (χ0v) is 13.2. The van der Waals surface area contributed by atoms with E-state index < -0.39 is 0 Å². The van der Waals surface area contributed by atoms with E-state index in [9.17, 15) is 4.79 Å². The fraction of sp³-hybridized carbons (Fsp3) is 0.412. The molecular formula is C17H19ClN2O. The van der Waals surface area contributed by atoms with Crippen molar-refractivity contribution in [2.24, 2.45) is 5.41 Å². The van der Waals surface area contributed by atoms with Gasteiger partial charge in [-0.25, -0.2) is 0 Å². The summed E-state index contributed by atoms with van der Waals surface area (Å²) in [5.74, 6) is 0. The lowest BCUT2D eigenvalue weighted by atomic mass is 9.89. The number of hydrogen-bond donors (Lipinski definition) is 0. The van der Waals surface area contributed by atoms with Crippen LogP contribution in [0.1, 0.15) is 43.5 Å². The number of nitriles is 1. The molecule has 0 aliphatic rings. The fourth-order valence-electron chi connectivity index (χ4n) is 2.48. The van der Waals surface area contributed by atoms with Crippen molar-refractivity contribution >= 4 is 28.8 Å². The number of carbonyl (C=O) groups excluding carboxylic acids is 1. The first-order valence-corrected chi connectivity index (χ1v) is 7.49. The predicted molar refractivity (Wildman–Crippen MR) is 85.6 cm³/mol. The third kappa shape index (κ3) is 3.65. The van der Waals surface area contributed by atoms with Crippen LogP contribution in [0.3, 0.4) is 0 Å². The Kier molecular flexibility index (Phi) is 4.69. The summed E-state index contributed by atoms with van der Waals surface area (Å²) >= 11 is 6.05. The molecule has 4 heteroatoms. The zero-order chi connectivity index (χ0) is 15.5. The highest BCUT2D eigenvalue weighted by Crippen LogP contribution is 2.26. The van der Waals surface area contributed by atoms with E-state index >= 15 is 0 Å². The van der Waals surface area contributed by atoms with Crippen LogP contribution in [0.2, 0.25) is 5.02 Å². The van der Waals surface area contributed by atoms with Gasteiger partial charge in [0.15, 0.2) is 6.29 Å². The van der Waals surface area contributed by atoms with Gasteiger partial charge in [-0.3, -0.25) is 4.79 Å². The lowest BCUT2D eigenvalue weighted by Crippen LogP contribution is -2.08. The predicted octanol–water partition coefficient (Wildman–Crippen LogP) is 4.83. The van der Waals surface area contributed by atoms with Crippen LogP contribution >= 0.6 is 11.6 Å². The zero-order valence-electron chi connectivity index (χ0n) is 12.4. The Balaban J connectivity index is 2.10. The third-order valence-corrected chi connectivity index (χ3v) is 3.99. The summed E-state index contributed by atoms with van der Waals surface area (Å²) in [6.45, 7) is 4.75. The van der Waals surface area contributed by atoms with Gasteiger partial charge in [0.05, 0.1) is 17.0 Å². The number of aryl methyl sites for hydroxylation is 1. The van der Waals surface area contributed by atoms with Crippen LogP contribution in [0.25, 0.3) is 10.9 Å². The highest BCUT2D eigenvalue weighted by atomic mass is 35.5. The molecular weight excluding hydrogens is 284 g/mol. The van der Waals surface area contributed by atoms with Crippen molar-refractivity contribution in [2.45, 2.75) is 39.7 Å². The average Bonchev–Trinajstić information content (AvgIpc) is 2.81. The molecule has 0 saturated heterocycles. The van der Waals surface area contributed by atoms with Crippen molar-refractivity contribution in [1.29, 1.82) is 5.26 Å². The number of hydrogen-bond acceptors (Lipinski definition) is 2. The molecule has 0 N–H and O–H groups in total. The number of halogens is 1. The molecule has 3 nitrogen and oxygen atoms in total. The molecule has 110 valence electrons. The Morgan fingerprint density at radius 3 is 2.81 bits per heavy atom. The number of benzene rings is 1. The molecule has 0 saturated carbocycles. The maximum absolute atomic E-state index is 11.1. The standard InChI is InChI=1S/C17H19ClN2O/c1-17(2,12-19)7-3-4-8-20-10-13(11-21)15-6-5-14(18)9-16(15)20/h5-6,9-11H,3-4,7-8H2,1-2H3. The van der Waals surface area contributed by atoms with Gasteiger partial charge >= 0.3 is 0 Å². The van der Waals surface area contributed by atoms with E-state index in [1.54, 1.807) is 6.07 Å². The van der Waals surface area contributed by atoms with Crippen LogP contribution in [-0.4, -0.2) is 10.9 Å². The van der Waals surface area contributed by atoms with Crippen LogP contribution in [0.5, 0.6) is 0 Å². The molecule has 0 unspecified atom stereocenters. The molecule has 1 aromatic carbocycles. The summed E-state index contributed by atoms with van der Waals surface area (Å²) in [6.07, 6.45) is 5.59. The normalized spacial score (nSPS) is 11.5. The molecule has 0 fully saturated rings. The van der Waals surface area contributed by atoms with Gasteiger partial charge in [-0.15, -0.1) is 0 Å². The maximum atomic E-state index is 11.1. The van der Waals surface area contributed by atoms with E-state index in [0.717, 1.165) is 43.0 Å². The SMILES string of the molecule is CC(C)(C#N)CCCCn1cc(C=O)c2ccc(Cl)cc21. The number of aromatic nitrogens is 1. The molecule has 2 rings (SSSR count). The van der Waals surface area contributed by atoms with Crippen molar-refractivity contribution in [3.63, 3.8) is 0 Å². The molecule has 0 aliphatic carbocycles. The maximum Gasteiger partial charge on any atom is 0.152 e. The van der Waals surface area contributed by atoms with Crippen LogP contribution in [0, 0.1) is 16.7 Å². The van der Waals surface area contributed by atoms with E-state index in [2.05, 4.69) is 10.6 Å². The number of fused-ring (bicyclic) bond motifs is 1. The van der Waals surface area contributed by atoms with Gasteiger partial charge in [-0.05, 0) is 38.8 Å². The van der Waals surface area contributed by atoms with E-state index in [4.69, 9.17) is 16.9 Å². The molecule has 0 bridgehead atoms. The molecule has 0 amide bonds. The van der Waals surface area contributed by atoms with Gasteiger partial charge in [0.2, 0.25) is 0 Å². The third-order valence-electron chi connectivity index (χ3n) is 3.76. The highest BCUT2D eigenvalue weighted by molar-refractivity contribution is 6.31. The number of rotatable bonds is 6. The lowest BCUT2D eigenvalue weighted by Gasteiger charge is -2.14. The Hall–Kier alpha value is -1.79. The van der Waals surface area contributed by atoms with E-state index in [1.165, 1.54) is 0 Å². The van der Waals surface area contributed by atoms with Gasteiger partial charge in [-0.2, -0.15) is 5.26 Å². The monoisotopic (exact) mass is 302 g/mol. The first kappa shape index (κ1) is 15.6. The molecule has 2 aromatic rings. The summed E-state index contributed by atoms with van der Waals surface area (Å²) < 4.78 is 2.07. The lowest BCUT2D eigenvalue weighted by molar-refractivity contribution is 0.112. The van der Waals surface area contributed by atoms with E-state index in [1.807, 2.05) is 32.2 Å². The average molecular weight is 303 g/mol. The Labute approximate surface area is 130 Å². The first-order chi connectivity index (χ1) is 9.96. The molecule has 0 spiro atoms. The molecule has 0 atom stereocenters. The minimum absolute atomic E-state index is 0.268. The van der Waals surface area contributed by atoms with E-state index in [-0.39, 0.29) is 5.41 Å². The van der Waals surface area contributed by atoms with Crippen LogP contribution in [-0.2, 0) is 6.54 Å². The van der Waals surface area contributed by atoms with Crippen molar-refractivity contribution in [2.75, 3.05) is 0 Å². The largest absolute Gasteiger partial charge is 0.347 e. The molecule has 0 radical (unpaired) electrons. The van der Waals surface area contributed by atoms with Crippen molar-refractivity contribution in [1.82, 2.24) is 4.57 Å². The highest BCUT2D eigenvalue weighted by Gasteiger charge is 2.15. The summed E-state index contributed by atoms with van der Waals surface area (Å²) in [5, 5.41) is 10.6. The minimum atomic E-state index is -0.268. The second-order valence-electron chi connectivity index (χ2n) is 6.01. The Morgan fingerprint density at radius 2 is 2.14 bits per heavy atom. The van der Waals surface area contributed by atoms with Crippen LogP contribution in [0.4, 0.5) is 0 Å². The topological polar surface area (TPSA) is 45.8 Å². The van der Waals surface area contributed by atoms with Crippen molar-refractivity contribution < 1.29 is 4.79 Å². The number of nitrogens with zero attached hydrogens (tertiary/aromatic N) is 2. The quantitative estimate of drug-likeness (QED) is 0.567.